The Balaban J connectivity index is 2.33. The van der Waals surface area contributed by atoms with Gasteiger partial charge in [0.2, 0.25) is 11.8 Å². The summed E-state index contributed by atoms with van der Waals surface area (Å²) in [5.74, 6) is 1.20. The van der Waals surface area contributed by atoms with Gasteiger partial charge in [0.05, 0.1) is 11.1 Å². The molecular formula is C22H34N2O3. The minimum absolute atomic E-state index is 0.0302. The summed E-state index contributed by atoms with van der Waals surface area (Å²) >= 11 is 0. The van der Waals surface area contributed by atoms with E-state index in [0.29, 0.717) is 36.9 Å². The number of amides is 2. The first-order valence-electron chi connectivity index (χ1n) is 9.78. The van der Waals surface area contributed by atoms with Crippen LogP contribution in [0, 0.1) is 16.7 Å². The molecular weight excluding hydrogens is 340 g/mol. The fourth-order valence-corrected chi connectivity index (χ4v) is 3.02. The molecule has 2 rings (SSSR count). The van der Waals surface area contributed by atoms with E-state index in [1.165, 1.54) is 0 Å². The van der Waals surface area contributed by atoms with E-state index in [2.05, 4.69) is 19.2 Å². The average Bonchev–Trinajstić information content (AvgIpc) is 2.60. The van der Waals surface area contributed by atoms with Gasteiger partial charge >= 0.3 is 0 Å². The van der Waals surface area contributed by atoms with Gasteiger partial charge in [0.15, 0.2) is 0 Å². The van der Waals surface area contributed by atoms with Gasteiger partial charge in [-0.2, -0.15) is 0 Å². The Labute approximate surface area is 163 Å². The molecule has 150 valence electrons. The van der Waals surface area contributed by atoms with Crippen LogP contribution < -0.4 is 15.0 Å². The van der Waals surface area contributed by atoms with Gasteiger partial charge in [-0.15, -0.1) is 0 Å². The highest BCUT2D eigenvalue weighted by molar-refractivity contribution is 6.00. The summed E-state index contributed by atoms with van der Waals surface area (Å²) < 4.78 is 5.94. The van der Waals surface area contributed by atoms with Crippen LogP contribution in [-0.2, 0) is 9.59 Å². The molecule has 0 unspecified atom stereocenters. The Bertz CT molecular complexity index is 702. The molecule has 0 aromatic heterocycles. The summed E-state index contributed by atoms with van der Waals surface area (Å²) in [6, 6.07) is 5.54. The van der Waals surface area contributed by atoms with E-state index in [4.69, 9.17) is 4.74 Å². The fraction of sp³-hybridized carbons (Fsp3) is 0.636. The number of hydrogen-bond donors (Lipinski definition) is 1. The molecule has 1 aliphatic heterocycles. The first-order chi connectivity index (χ1) is 12.4. The van der Waals surface area contributed by atoms with E-state index in [1.54, 1.807) is 0 Å². The molecule has 0 radical (unpaired) electrons. The molecule has 1 aromatic rings. The van der Waals surface area contributed by atoms with E-state index >= 15 is 0 Å². The number of nitrogens with zero attached hydrogens (tertiary/aromatic N) is 1. The maximum atomic E-state index is 13.1. The van der Waals surface area contributed by atoms with Gasteiger partial charge in [-0.05, 0) is 49.8 Å². The highest BCUT2D eigenvalue weighted by Gasteiger charge is 2.37. The SMILES string of the molecule is CC(C)CCN1C(=O)C(C)(C)COc2ccc(NC(=O)CC(C)(C)C)cc21. The molecule has 1 aliphatic rings. The molecule has 5 heteroatoms. The summed E-state index contributed by atoms with van der Waals surface area (Å²) in [5.41, 5.74) is 0.752. The van der Waals surface area contributed by atoms with E-state index < -0.39 is 5.41 Å². The normalized spacial score (nSPS) is 16.6. The van der Waals surface area contributed by atoms with Crippen LogP contribution in [0.2, 0.25) is 0 Å². The molecule has 2 amide bonds. The van der Waals surface area contributed by atoms with Crippen LogP contribution in [-0.4, -0.2) is 25.0 Å². The third-order valence-electron chi connectivity index (χ3n) is 4.57. The zero-order valence-electron chi connectivity index (χ0n) is 17.8. The maximum absolute atomic E-state index is 13.1. The van der Waals surface area contributed by atoms with Gasteiger partial charge in [0.25, 0.3) is 0 Å². The van der Waals surface area contributed by atoms with Gasteiger partial charge in [0.1, 0.15) is 12.4 Å². The maximum Gasteiger partial charge on any atom is 0.236 e. The number of anilines is 2. The minimum Gasteiger partial charge on any atom is -0.490 e. The zero-order valence-corrected chi connectivity index (χ0v) is 17.8. The van der Waals surface area contributed by atoms with Crippen LogP contribution in [0.15, 0.2) is 18.2 Å². The molecule has 0 bridgehead atoms. The van der Waals surface area contributed by atoms with Crippen molar-refractivity contribution in [3.8, 4) is 5.75 Å². The second-order valence-electron chi connectivity index (χ2n) is 9.78. The number of fused-ring (bicyclic) bond motifs is 1. The van der Waals surface area contributed by atoms with Crippen molar-refractivity contribution >= 4 is 23.2 Å². The first-order valence-corrected chi connectivity index (χ1v) is 9.78. The van der Waals surface area contributed by atoms with Crippen LogP contribution in [0.5, 0.6) is 5.75 Å². The number of rotatable bonds is 5. The number of nitrogens with one attached hydrogen (secondary N) is 1. The van der Waals surface area contributed by atoms with Gasteiger partial charge < -0.3 is 15.0 Å². The van der Waals surface area contributed by atoms with Crippen molar-refractivity contribution in [1.82, 2.24) is 0 Å². The lowest BCUT2D eigenvalue weighted by molar-refractivity contribution is -0.127. The topological polar surface area (TPSA) is 58.6 Å². The monoisotopic (exact) mass is 374 g/mol. The highest BCUT2D eigenvalue weighted by atomic mass is 16.5. The van der Waals surface area contributed by atoms with Crippen LogP contribution in [0.25, 0.3) is 0 Å². The van der Waals surface area contributed by atoms with Gasteiger partial charge in [-0.1, -0.05) is 34.6 Å². The third kappa shape index (κ3) is 5.72. The standard InChI is InChI=1S/C22H34N2O3/c1-15(2)10-11-24-17-12-16(23-19(25)13-21(3,4)5)8-9-18(17)27-14-22(6,7)20(24)26/h8-9,12,15H,10-11,13-14H2,1-7H3,(H,23,25). The van der Waals surface area contributed by atoms with Crippen molar-refractivity contribution in [2.75, 3.05) is 23.4 Å². The molecule has 0 saturated heterocycles. The average molecular weight is 375 g/mol. The minimum atomic E-state index is -0.592. The van der Waals surface area contributed by atoms with Crippen LogP contribution >= 0.6 is 0 Å². The van der Waals surface area contributed by atoms with Gasteiger partial charge in [-0.3, -0.25) is 9.59 Å². The second kappa shape index (κ2) is 7.91. The molecule has 1 N–H and O–H groups in total. The van der Waals surface area contributed by atoms with Gasteiger partial charge in [-0.25, -0.2) is 0 Å². The molecule has 0 atom stereocenters. The number of benzene rings is 1. The summed E-state index contributed by atoms with van der Waals surface area (Å²) in [4.78, 5) is 27.2. The van der Waals surface area contributed by atoms with Crippen molar-refractivity contribution in [2.24, 2.45) is 16.7 Å². The Morgan fingerprint density at radius 2 is 1.96 bits per heavy atom. The summed E-state index contributed by atoms with van der Waals surface area (Å²) in [5, 5.41) is 2.96. The third-order valence-corrected chi connectivity index (χ3v) is 4.57. The molecule has 0 spiro atoms. The van der Waals surface area contributed by atoms with Crippen LogP contribution in [0.4, 0.5) is 11.4 Å². The van der Waals surface area contributed by atoms with E-state index in [0.717, 1.165) is 12.1 Å². The smallest absolute Gasteiger partial charge is 0.236 e. The first kappa shape index (κ1) is 21.3. The summed E-state index contributed by atoms with van der Waals surface area (Å²) in [6.07, 6.45) is 1.34. The molecule has 1 heterocycles. The van der Waals surface area contributed by atoms with Crippen molar-refractivity contribution < 1.29 is 14.3 Å². The largest absolute Gasteiger partial charge is 0.490 e. The zero-order chi connectivity index (χ0) is 20.4. The van der Waals surface area contributed by atoms with E-state index in [-0.39, 0.29) is 17.2 Å². The quantitative estimate of drug-likeness (QED) is 0.801. The number of ether oxygens (including phenoxy) is 1. The Morgan fingerprint density at radius 1 is 1.30 bits per heavy atom. The Kier molecular flexibility index (Phi) is 6.23. The summed E-state index contributed by atoms with van der Waals surface area (Å²) in [7, 11) is 0. The number of carbonyl (C=O) groups is 2. The van der Waals surface area contributed by atoms with Crippen LogP contribution in [0.3, 0.4) is 0 Å². The predicted molar refractivity (Wildman–Crippen MR) is 110 cm³/mol. The Hall–Kier alpha value is -2.04. The predicted octanol–water partition coefficient (Wildman–Crippen LogP) is 4.86. The molecule has 27 heavy (non-hydrogen) atoms. The molecule has 0 aliphatic carbocycles. The lowest BCUT2D eigenvalue weighted by Crippen LogP contribution is -2.42. The Morgan fingerprint density at radius 3 is 2.56 bits per heavy atom. The number of hydrogen-bond acceptors (Lipinski definition) is 3. The lowest BCUT2D eigenvalue weighted by atomic mass is 9.92. The molecule has 0 fully saturated rings. The van der Waals surface area contributed by atoms with E-state index in [9.17, 15) is 9.59 Å². The molecule has 0 saturated carbocycles. The molecule has 5 nitrogen and oxygen atoms in total. The lowest BCUT2D eigenvalue weighted by Gasteiger charge is -2.29. The van der Waals surface area contributed by atoms with Crippen LogP contribution in [0.1, 0.15) is 61.3 Å². The second-order valence-corrected chi connectivity index (χ2v) is 9.78. The van der Waals surface area contributed by atoms with Gasteiger partial charge in [0, 0.05) is 18.7 Å². The number of carbonyl (C=O) groups excluding carboxylic acids is 2. The fourth-order valence-electron chi connectivity index (χ4n) is 3.02. The highest BCUT2D eigenvalue weighted by Crippen LogP contribution is 2.38. The van der Waals surface area contributed by atoms with Crippen molar-refractivity contribution in [2.45, 2.75) is 61.3 Å². The van der Waals surface area contributed by atoms with E-state index in [1.807, 2.05) is 57.7 Å². The summed E-state index contributed by atoms with van der Waals surface area (Å²) in [6.45, 7) is 15.2. The molecule has 1 aromatic carbocycles. The van der Waals surface area contributed by atoms with Crippen molar-refractivity contribution in [3.05, 3.63) is 18.2 Å². The van der Waals surface area contributed by atoms with Crippen molar-refractivity contribution in [3.63, 3.8) is 0 Å². The van der Waals surface area contributed by atoms with Crippen molar-refractivity contribution in [1.29, 1.82) is 0 Å².